The van der Waals surface area contributed by atoms with Gasteiger partial charge >= 0.3 is 5.37 Å². The number of para-hydroxylation sites is 2. The van der Waals surface area contributed by atoms with Gasteiger partial charge in [0.05, 0.1) is 11.4 Å². The number of amides is 1. The number of carbonyl (C=O) groups is 1. The Kier molecular flexibility index (Phi) is 11.3. The predicted octanol–water partition coefficient (Wildman–Crippen LogP) is 5.53. The van der Waals surface area contributed by atoms with Crippen LogP contribution >= 0.6 is 60.6 Å². The summed E-state index contributed by atoms with van der Waals surface area (Å²) < 4.78 is 0. The number of rotatable bonds is 0. The zero-order valence-corrected chi connectivity index (χ0v) is 17.0. The minimum absolute atomic E-state index is 0. The molecule has 0 saturated heterocycles. The number of benzene rings is 2. The third kappa shape index (κ3) is 4.60. The van der Waals surface area contributed by atoms with Crippen molar-refractivity contribution in [1.82, 2.24) is 0 Å². The molecule has 0 unspecified atom stereocenters. The van der Waals surface area contributed by atoms with Gasteiger partial charge in [-0.3, -0.25) is 9.69 Å². The molecule has 2 nitrogen and oxygen atoms in total. The molecule has 1 heterocycles. The summed E-state index contributed by atoms with van der Waals surface area (Å²) in [6.45, 7) is 0. The first-order valence-electron chi connectivity index (χ1n) is 5.13. The summed E-state index contributed by atoms with van der Waals surface area (Å²) in [5, 5.41) is -0.481. The summed E-state index contributed by atoms with van der Waals surface area (Å²) in [5.74, 6) is 0. The molecule has 0 aromatic heterocycles. The van der Waals surface area contributed by atoms with E-state index < -0.39 is 5.37 Å². The van der Waals surface area contributed by atoms with Gasteiger partial charge in [-0.15, -0.1) is 37.2 Å². The van der Waals surface area contributed by atoms with Crippen molar-refractivity contribution in [2.45, 2.75) is 9.79 Å². The van der Waals surface area contributed by atoms with Gasteiger partial charge in [0.15, 0.2) is 0 Å². The van der Waals surface area contributed by atoms with Crippen LogP contribution in [0.2, 0.25) is 0 Å². The van der Waals surface area contributed by atoms with Crippen molar-refractivity contribution in [3.8, 4) is 0 Å². The first-order chi connectivity index (χ1) is 8.27. The van der Waals surface area contributed by atoms with Gasteiger partial charge in [-0.05, 0) is 35.9 Å². The maximum atomic E-state index is 11.6. The first kappa shape index (κ1) is 23.5. The molecular formula is C13H11Cl4NOSSb. The fourth-order valence-electron chi connectivity index (χ4n) is 1.89. The maximum absolute atomic E-state index is 11.6. The van der Waals surface area contributed by atoms with Crippen LogP contribution in [0.3, 0.4) is 0 Å². The molecule has 113 valence electrons. The Bertz CT molecular complexity index is 569. The zero-order chi connectivity index (χ0) is 11.8. The Balaban J connectivity index is 0. The second-order valence-corrected chi connectivity index (χ2v) is 5.03. The fourth-order valence-corrected chi connectivity index (χ4v) is 3.13. The Morgan fingerprint density at radius 3 is 1.62 bits per heavy atom. The second-order valence-electron chi connectivity index (χ2n) is 3.63. The van der Waals surface area contributed by atoms with E-state index in [9.17, 15) is 4.79 Å². The van der Waals surface area contributed by atoms with E-state index in [-0.39, 0.29) is 61.6 Å². The average molecular weight is 493 g/mol. The number of carbonyl (C=O) groups excluding carboxylic acids is 1. The maximum Gasteiger partial charge on any atom is 0.325 e. The van der Waals surface area contributed by atoms with Crippen molar-refractivity contribution < 1.29 is 4.79 Å². The van der Waals surface area contributed by atoms with Crippen molar-refractivity contribution in [1.29, 1.82) is 0 Å². The summed E-state index contributed by atoms with van der Waals surface area (Å²) in [5.41, 5.74) is 1.69. The van der Waals surface area contributed by atoms with Crippen molar-refractivity contribution in [3.05, 3.63) is 48.5 Å². The molecule has 0 atom stereocenters. The molecule has 0 spiro atoms. The molecule has 21 heavy (non-hydrogen) atoms. The molecule has 2 aromatic rings. The van der Waals surface area contributed by atoms with Gasteiger partial charge < -0.3 is 0 Å². The quantitative estimate of drug-likeness (QED) is 0.274. The Morgan fingerprint density at radius 2 is 1.24 bits per heavy atom. The van der Waals surface area contributed by atoms with Crippen molar-refractivity contribution >= 4 is 102 Å². The molecule has 1 amide bonds. The second kappa shape index (κ2) is 10.1. The summed E-state index contributed by atoms with van der Waals surface area (Å²) in [6.07, 6.45) is 0. The number of hydrogen-bond acceptors (Lipinski definition) is 2. The molecular weight excluding hydrogens is 482 g/mol. The van der Waals surface area contributed by atoms with E-state index in [2.05, 4.69) is 0 Å². The summed E-state index contributed by atoms with van der Waals surface area (Å²) in [4.78, 5) is 15.2. The number of halogens is 4. The Hall–Kier alpha value is 0.238. The van der Waals surface area contributed by atoms with Crippen molar-refractivity contribution in [2.24, 2.45) is 0 Å². The third-order valence-corrected chi connectivity index (χ3v) is 3.91. The average Bonchev–Trinajstić information content (AvgIpc) is 2.35. The van der Waals surface area contributed by atoms with E-state index in [0.717, 1.165) is 21.2 Å². The largest absolute Gasteiger partial charge is 0.325 e. The summed E-state index contributed by atoms with van der Waals surface area (Å²) in [7, 11) is 0. The van der Waals surface area contributed by atoms with Crippen LogP contribution in [0.5, 0.6) is 0 Å². The van der Waals surface area contributed by atoms with Gasteiger partial charge in [0.2, 0.25) is 0 Å². The zero-order valence-electron chi connectivity index (χ0n) is 10.4. The van der Waals surface area contributed by atoms with Crippen LogP contribution in [0.15, 0.2) is 58.3 Å². The molecule has 1 aliphatic heterocycles. The number of nitrogens with zero attached hydrogens (tertiary/aromatic N) is 1. The molecule has 0 bridgehead atoms. The predicted molar refractivity (Wildman–Crippen MR) is 97.9 cm³/mol. The van der Waals surface area contributed by atoms with E-state index in [0.29, 0.717) is 0 Å². The minimum atomic E-state index is -0.481. The van der Waals surface area contributed by atoms with Crippen LogP contribution in [0.25, 0.3) is 0 Å². The van der Waals surface area contributed by atoms with Crippen LogP contribution < -0.4 is 4.90 Å². The van der Waals surface area contributed by atoms with E-state index in [1.165, 1.54) is 0 Å². The molecule has 0 N–H and O–H groups in total. The van der Waals surface area contributed by atoms with Gasteiger partial charge in [-0.2, -0.15) is 0 Å². The number of hydrogen-bond donors (Lipinski definition) is 0. The van der Waals surface area contributed by atoms with E-state index in [1.807, 2.05) is 48.5 Å². The van der Waals surface area contributed by atoms with E-state index >= 15 is 0 Å². The third-order valence-electron chi connectivity index (χ3n) is 2.61. The molecule has 3 radical (unpaired) electrons. The van der Waals surface area contributed by atoms with Gasteiger partial charge in [-0.25, -0.2) is 0 Å². The summed E-state index contributed by atoms with van der Waals surface area (Å²) >= 11 is 7.34. The Labute approximate surface area is 168 Å². The normalized spacial score (nSPS) is 10.4. The number of anilines is 2. The first-order valence-corrected chi connectivity index (χ1v) is 6.32. The minimum Gasteiger partial charge on any atom is -0.265 e. The molecule has 3 rings (SSSR count). The fraction of sp³-hybridized carbons (Fsp3) is 0. The van der Waals surface area contributed by atoms with E-state index in [4.69, 9.17) is 11.6 Å². The molecule has 0 aliphatic carbocycles. The Morgan fingerprint density at radius 1 is 0.857 bits per heavy atom. The van der Waals surface area contributed by atoms with Gasteiger partial charge in [0.1, 0.15) is 0 Å². The van der Waals surface area contributed by atoms with Crippen LogP contribution in [0, 0.1) is 0 Å². The smallest absolute Gasteiger partial charge is 0.265 e. The van der Waals surface area contributed by atoms with Crippen LogP contribution in [-0.4, -0.2) is 29.8 Å². The molecule has 0 fully saturated rings. The standard InChI is InChI=1S/C13H8ClNOS.3ClH.Sb/c14-13(16)15-9-5-1-3-7-11(9)17-12-8-4-2-6-10(12)15;;;;/h1-8H;3*1H;. The van der Waals surface area contributed by atoms with E-state index in [1.54, 1.807) is 16.7 Å². The van der Waals surface area contributed by atoms with Gasteiger partial charge in [-0.1, -0.05) is 36.0 Å². The molecule has 0 saturated carbocycles. The molecule has 1 aliphatic rings. The topological polar surface area (TPSA) is 20.3 Å². The van der Waals surface area contributed by atoms with Crippen molar-refractivity contribution in [2.75, 3.05) is 4.90 Å². The summed E-state index contributed by atoms with van der Waals surface area (Å²) in [6, 6.07) is 15.5. The van der Waals surface area contributed by atoms with Crippen LogP contribution in [0.4, 0.5) is 16.2 Å². The molecule has 8 heteroatoms. The van der Waals surface area contributed by atoms with Crippen LogP contribution in [-0.2, 0) is 0 Å². The van der Waals surface area contributed by atoms with Gasteiger partial charge in [0.25, 0.3) is 0 Å². The SMILES string of the molecule is Cl.Cl.Cl.O=C(Cl)N1c2ccccc2Sc2ccccc21.[Sb]. The van der Waals surface area contributed by atoms with Crippen molar-refractivity contribution in [3.63, 3.8) is 0 Å². The molecule has 2 aromatic carbocycles. The van der Waals surface area contributed by atoms with Gasteiger partial charge in [0, 0.05) is 34.2 Å². The van der Waals surface area contributed by atoms with Crippen LogP contribution in [0.1, 0.15) is 0 Å². The number of fused-ring (bicyclic) bond motifs is 2. The monoisotopic (exact) mass is 490 g/mol.